The molecule has 19 heteroatoms. The van der Waals surface area contributed by atoms with Crippen LogP contribution < -0.4 is 19.5 Å². The van der Waals surface area contributed by atoms with Crippen molar-refractivity contribution in [1.29, 1.82) is 0 Å². The van der Waals surface area contributed by atoms with E-state index in [4.69, 9.17) is 51.0 Å². The Balaban J connectivity index is 0.000000157. The highest BCUT2D eigenvalue weighted by Gasteiger charge is 2.29. The van der Waals surface area contributed by atoms with E-state index in [1.54, 1.807) is 0 Å². The van der Waals surface area contributed by atoms with Crippen LogP contribution in [-0.2, 0) is 52.0 Å². The number of hydrogen-bond acceptors (Lipinski definition) is 15. The van der Waals surface area contributed by atoms with Gasteiger partial charge in [0.2, 0.25) is 0 Å². The van der Waals surface area contributed by atoms with Crippen molar-refractivity contribution in [3.8, 4) is 17.2 Å². The molecule has 3 saturated carbocycles. The second kappa shape index (κ2) is 35.7. The van der Waals surface area contributed by atoms with E-state index in [1.165, 1.54) is 107 Å². The smallest absolute Gasteiger partial charge is 0.175 e. The predicted octanol–water partition coefficient (Wildman–Crippen LogP) is 16.8. The number of ether oxygens (including phenoxy) is 3. The lowest BCUT2D eigenvalue weighted by atomic mass is 9.91. The summed E-state index contributed by atoms with van der Waals surface area (Å²) in [4.78, 5) is 11.6. The van der Waals surface area contributed by atoms with Crippen LogP contribution in [0.2, 0.25) is 10.0 Å². The fourth-order valence-electron chi connectivity index (χ4n) is 13.8. The van der Waals surface area contributed by atoms with Gasteiger partial charge in [0.05, 0.1) is 53.6 Å². The van der Waals surface area contributed by atoms with E-state index in [1.807, 2.05) is 24.3 Å². The first-order valence-corrected chi connectivity index (χ1v) is 36.2. The van der Waals surface area contributed by atoms with Crippen LogP contribution in [0.15, 0.2) is 98.5 Å². The molecule has 8 aromatic rings. The number of fused-ring (bicyclic) bond motifs is 3. The number of nitrogens with one attached hydrogen (secondary N) is 1. The topological polar surface area (TPSA) is 134 Å². The van der Waals surface area contributed by atoms with Gasteiger partial charge >= 0.3 is 0 Å². The van der Waals surface area contributed by atoms with Crippen molar-refractivity contribution in [2.45, 2.75) is 148 Å². The van der Waals surface area contributed by atoms with Crippen LogP contribution in [0.3, 0.4) is 0 Å². The molecule has 0 amide bonds. The van der Waals surface area contributed by atoms with Crippen molar-refractivity contribution < 1.29 is 27.8 Å². The number of nitrogens with zero attached hydrogens (tertiary/aromatic N) is 8. The minimum Gasteiger partial charge on any atom is -0.493 e. The molecule has 0 bridgehead atoms. The van der Waals surface area contributed by atoms with Gasteiger partial charge in [0.15, 0.2) is 16.7 Å². The lowest BCUT2D eigenvalue weighted by Crippen LogP contribution is -2.33. The largest absolute Gasteiger partial charge is 0.493 e. The molecule has 96 heavy (non-hydrogen) atoms. The molecule has 0 spiro atoms. The summed E-state index contributed by atoms with van der Waals surface area (Å²) in [5.41, 5.74) is 12.0. The first-order chi connectivity index (χ1) is 45.8. The molecule has 3 aliphatic heterocycles. The summed E-state index contributed by atoms with van der Waals surface area (Å²) in [6.07, 6.45) is 21.8. The third-order valence-corrected chi connectivity index (χ3v) is 20.6. The van der Waals surface area contributed by atoms with Crippen LogP contribution in [0, 0.1) is 35.5 Å². The SMILES string of the molecule is CN(C)Cc1c(OCC2CC2)ccc2c(CCC3CCN(Cc4ccc(Cl)cc4)CC3)noc12.CN(C)Cc1c(OCC2CC2)ccc2c(CCC3CCN(Cc4ccc(Cl)cc4)CC3)noc12.CN(C)Cc1c(OCC2CC2)ccc2c(CCC3CCNCC3)noc12.Cl.Cl. The molecule has 3 aromatic heterocycles. The van der Waals surface area contributed by atoms with Crippen LogP contribution in [0.4, 0.5) is 0 Å². The quantitative estimate of drug-likeness (QED) is 0.0498. The van der Waals surface area contributed by atoms with E-state index >= 15 is 0 Å². The minimum absolute atomic E-state index is 0. The fraction of sp³-hybridized carbons (Fsp3) is 0.571. The van der Waals surface area contributed by atoms with E-state index in [0.29, 0.717) is 0 Å². The number of aromatic nitrogens is 3. The Morgan fingerprint density at radius 3 is 1.00 bits per heavy atom. The Labute approximate surface area is 592 Å². The summed E-state index contributed by atoms with van der Waals surface area (Å²) in [7, 11) is 12.5. The van der Waals surface area contributed by atoms with E-state index in [2.05, 4.69) is 148 Å². The predicted molar refractivity (Wildman–Crippen MR) is 393 cm³/mol. The van der Waals surface area contributed by atoms with E-state index in [0.717, 1.165) is 241 Å². The third-order valence-electron chi connectivity index (χ3n) is 20.1. The summed E-state index contributed by atoms with van der Waals surface area (Å²) < 4.78 is 36.1. The Hall–Kier alpha value is -5.17. The summed E-state index contributed by atoms with van der Waals surface area (Å²) >= 11 is 12.0. The molecule has 1 N–H and O–H groups in total. The average molecular weight is 1390 g/mol. The maximum absolute atomic E-state index is 6.17. The second-order valence-electron chi connectivity index (χ2n) is 29.1. The summed E-state index contributed by atoms with van der Waals surface area (Å²) in [5, 5.41) is 21.9. The summed E-state index contributed by atoms with van der Waals surface area (Å²) in [5.74, 6) is 7.35. The molecule has 15 nitrogen and oxygen atoms in total. The molecule has 6 fully saturated rings. The molecule has 0 atom stereocenters. The summed E-state index contributed by atoms with van der Waals surface area (Å²) in [6, 6.07) is 29.3. The van der Waals surface area contributed by atoms with Crippen LogP contribution in [0.1, 0.15) is 141 Å². The van der Waals surface area contributed by atoms with Crippen molar-refractivity contribution >= 4 is 80.9 Å². The molecule has 14 rings (SSSR count). The summed E-state index contributed by atoms with van der Waals surface area (Å²) in [6.45, 7) is 13.8. The van der Waals surface area contributed by atoms with Gasteiger partial charge in [-0.05, 0) is 304 Å². The number of halogens is 4. The van der Waals surface area contributed by atoms with Gasteiger partial charge in [-0.2, -0.15) is 0 Å². The highest BCUT2D eigenvalue weighted by Crippen LogP contribution is 2.39. The zero-order valence-electron chi connectivity index (χ0n) is 57.8. The molecule has 3 aliphatic carbocycles. The zero-order chi connectivity index (χ0) is 64.9. The Bertz CT molecular complexity index is 3480. The third kappa shape index (κ3) is 21.2. The van der Waals surface area contributed by atoms with Crippen molar-refractivity contribution in [2.24, 2.45) is 35.5 Å². The van der Waals surface area contributed by atoms with Crippen molar-refractivity contribution in [3.63, 3.8) is 0 Å². The number of hydrogen-bond donors (Lipinski definition) is 1. The minimum atomic E-state index is 0. The average Bonchev–Trinajstić information content (AvgIpc) is 1.64. The highest BCUT2D eigenvalue weighted by molar-refractivity contribution is 6.30. The number of likely N-dealkylation sites (tertiary alicyclic amines) is 2. The van der Waals surface area contributed by atoms with Gasteiger partial charge < -0.3 is 47.8 Å². The number of benzene rings is 5. The molecule has 6 heterocycles. The highest BCUT2D eigenvalue weighted by atomic mass is 35.5. The lowest BCUT2D eigenvalue weighted by Gasteiger charge is -2.32. The maximum atomic E-state index is 6.17. The van der Waals surface area contributed by atoms with Crippen LogP contribution in [0.25, 0.3) is 32.9 Å². The molecule has 0 unspecified atom stereocenters. The van der Waals surface area contributed by atoms with Crippen molar-refractivity contribution in [1.82, 2.24) is 45.3 Å². The van der Waals surface area contributed by atoms with Crippen LogP contribution in [0.5, 0.6) is 17.2 Å². The van der Waals surface area contributed by atoms with Gasteiger partial charge in [-0.1, -0.05) is 62.9 Å². The van der Waals surface area contributed by atoms with E-state index < -0.39 is 0 Å². The molecule has 3 saturated heterocycles. The van der Waals surface area contributed by atoms with Crippen LogP contribution in [-0.4, -0.2) is 141 Å². The maximum Gasteiger partial charge on any atom is 0.175 e. The number of piperidine rings is 3. The Morgan fingerprint density at radius 1 is 0.406 bits per heavy atom. The van der Waals surface area contributed by atoms with Gasteiger partial charge in [-0.15, -0.1) is 24.8 Å². The molecular formula is C77H105Cl4N9O6. The fourth-order valence-corrected chi connectivity index (χ4v) is 14.1. The van der Waals surface area contributed by atoms with E-state index in [9.17, 15) is 0 Å². The second-order valence-corrected chi connectivity index (χ2v) is 30.0. The van der Waals surface area contributed by atoms with Gasteiger partial charge in [-0.3, -0.25) is 9.80 Å². The monoisotopic (exact) mass is 1390 g/mol. The molecular weight excluding hydrogens is 1290 g/mol. The van der Waals surface area contributed by atoms with Crippen molar-refractivity contribution in [3.05, 3.63) is 140 Å². The Kier molecular flexibility index (Phi) is 27.4. The first-order valence-electron chi connectivity index (χ1n) is 35.5. The zero-order valence-corrected chi connectivity index (χ0v) is 60.9. The first kappa shape index (κ1) is 73.5. The van der Waals surface area contributed by atoms with Crippen molar-refractivity contribution in [2.75, 3.05) is 101 Å². The van der Waals surface area contributed by atoms with E-state index in [-0.39, 0.29) is 24.8 Å². The van der Waals surface area contributed by atoms with Gasteiger partial charge in [-0.25, -0.2) is 0 Å². The molecule has 5 aromatic carbocycles. The molecule has 522 valence electrons. The normalized spacial score (nSPS) is 17.6. The van der Waals surface area contributed by atoms with Crippen LogP contribution >= 0.6 is 48.0 Å². The Morgan fingerprint density at radius 2 is 0.708 bits per heavy atom. The lowest BCUT2D eigenvalue weighted by molar-refractivity contribution is 0.172. The molecule has 6 aliphatic rings. The van der Waals surface area contributed by atoms with Gasteiger partial charge in [0.1, 0.15) is 17.2 Å². The standard InChI is InChI=1S/2C28H36ClN3O2.C21H31N3O2.2ClH/c2*1-31(2)18-25-27(33-19-22-3-4-22)12-10-24-26(30-34-28(24)25)11-7-20-13-15-32(16-14-20)17-21-5-8-23(29)9-6-21;1-24(2)13-18-20(25-14-16-3-4-16)8-6-17-19(23-26-21(17)18)7-5-15-9-11-22-12-10-15;;/h2*5-6,8-10,12,20,22H,3-4,7,11,13-19H2,1-2H3;6,8,15-16,22H,3-5,7,9-14H2,1-2H3;2*1H. The van der Waals surface area contributed by atoms with Gasteiger partial charge in [0.25, 0.3) is 0 Å². The number of aryl methyl sites for hydroxylation is 3. The van der Waals surface area contributed by atoms with Gasteiger partial charge in [0, 0.05) is 58.9 Å². The number of rotatable bonds is 28. The molecule has 0 radical (unpaired) electrons.